The molecular formula is C7H17ClSi. The summed E-state index contributed by atoms with van der Waals surface area (Å²) in [6, 6.07) is 0. The summed E-state index contributed by atoms with van der Waals surface area (Å²) in [5.41, 5.74) is 0.376. The fourth-order valence-electron chi connectivity index (χ4n) is 0.200. The molecule has 0 saturated carbocycles. The van der Waals surface area contributed by atoms with Crippen LogP contribution in [0.15, 0.2) is 0 Å². The second kappa shape index (κ2) is 2.63. The van der Waals surface area contributed by atoms with E-state index in [9.17, 15) is 0 Å². The Bertz CT molecular complexity index is 91.6. The van der Waals surface area contributed by atoms with Crippen molar-refractivity contribution in [3.63, 3.8) is 0 Å². The molecule has 0 aromatic carbocycles. The second-order valence-corrected chi connectivity index (χ2v) is 7.10. The molecule has 0 bridgehead atoms. The number of hydrogen-bond acceptors (Lipinski definition) is 0. The zero-order chi connectivity index (χ0) is 7.71. The van der Waals surface area contributed by atoms with Gasteiger partial charge >= 0.3 is 0 Å². The molecule has 0 aromatic rings. The van der Waals surface area contributed by atoms with Gasteiger partial charge in [0.2, 0.25) is 0 Å². The lowest BCUT2D eigenvalue weighted by Gasteiger charge is -2.36. The summed E-state index contributed by atoms with van der Waals surface area (Å²) in [5.74, 6) is 0. The molecule has 56 valence electrons. The number of rotatable bonds is 1. The van der Waals surface area contributed by atoms with Crippen LogP contribution < -0.4 is 0 Å². The van der Waals surface area contributed by atoms with Gasteiger partial charge < -0.3 is 0 Å². The minimum Gasteiger partial charge on any atom is -0.176 e. The van der Waals surface area contributed by atoms with E-state index >= 15 is 0 Å². The molecule has 0 amide bonds. The molecule has 0 aromatic heterocycles. The van der Waals surface area contributed by atoms with E-state index in [0.29, 0.717) is 10.5 Å². The molecule has 0 aliphatic rings. The molecule has 0 radical (unpaired) electrons. The van der Waals surface area contributed by atoms with Crippen molar-refractivity contribution >= 4 is 19.9 Å². The lowest BCUT2D eigenvalue weighted by atomic mass is 9.82. The van der Waals surface area contributed by atoms with Gasteiger partial charge in [0.05, 0.1) is 0 Å². The van der Waals surface area contributed by atoms with Crippen molar-refractivity contribution in [3.05, 3.63) is 0 Å². The van der Waals surface area contributed by atoms with E-state index in [2.05, 4.69) is 34.6 Å². The van der Waals surface area contributed by atoms with Crippen molar-refractivity contribution in [1.82, 2.24) is 0 Å². The smallest absolute Gasteiger partial charge is 0.131 e. The summed E-state index contributed by atoms with van der Waals surface area (Å²) in [5, 5.41) is 0.383. The average Bonchev–Trinajstić information content (AvgIpc) is 1.64. The van der Waals surface area contributed by atoms with Crippen LogP contribution in [0.25, 0.3) is 0 Å². The quantitative estimate of drug-likeness (QED) is 0.413. The van der Waals surface area contributed by atoms with E-state index in [0.717, 1.165) is 0 Å². The van der Waals surface area contributed by atoms with Gasteiger partial charge in [0.15, 0.2) is 0 Å². The molecular weight excluding hydrogens is 148 g/mol. The maximum Gasteiger partial charge on any atom is 0.131 e. The molecule has 9 heavy (non-hydrogen) atoms. The van der Waals surface area contributed by atoms with Crippen LogP contribution in [-0.4, -0.2) is 8.83 Å². The molecule has 0 aliphatic heterocycles. The highest BCUT2D eigenvalue weighted by Crippen LogP contribution is 2.43. The number of hydrogen-bond donors (Lipinski definition) is 0. The molecule has 0 saturated heterocycles. The Morgan fingerprint density at radius 1 is 1.00 bits per heavy atom. The topological polar surface area (TPSA) is 0 Å². The third-order valence-electron chi connectivity index (χ3n) is 2.36. The molecule has 0 fully saturated rings. The first-order valence-electron chi connectivity index (χ1n) is 3.37. The third-order valence-corrected chi connectivity index (χ3v) is 6.10. The monoisotopic (exact) mass is 164 g/mol. The van der Waals surface area contributed by atoms with Crippen LogP contribution in [0.2, 0.25) is 5.04 Å². The standard InChI is InChI=1S/C7H17ClSi/c1-6(2,3)7(4,5)9-8/h9H2,1-5H3. The fraction of sp³-hybridized carbons (Fsp3) is 1.00. The normalized spacial score (nSPS) is 15.3. The Hall–Kier alpha value is 0.507. The van der Waals surface area contributed by atoms with Crippen LogP contribution in [0.1, 0.15) is 34.6 Å². The minimum atomic E-state index is -0.390. The van der Waals surface area contributed by atoms with Crippen LogP contribution in [-0.2, 0) is 0 Å². The van der Waals surface area contributed by atoms with Gasteiger partial charge in [0, 0.05) is 0 Å². The van der Waals surface area contributed by atoms with Gasteiger partial charge in [-0.3, -0.25) is 0 Å². The Morgan fingerprint density at radius 2 is 1.33 bits per heavy atom. The highest BCUT2D eigenvalue weighted by atomic mass is 35.6. The predicted molar refractivity (Wildman–Crippen MR) is 47.9 cm³/mol. The van der Waals surface area contributed by atoms with Crippen molar-refractivity contribution in [3.8, 4) is 0 Å². The Labute approximate surface area is 65.5 Å². The maximum absolute atomic E-state index is 5.92. The molecule has 2 heteroatoms. The lowest BCUT2D eigenvalue weighted by Crippen LogP contribution is -2.26. The van der Waals surface area contributed by atoms with Crippen molar-refractivity contribution in [1.29, 1.82) is 0 Å². The molecule has 0 atom stereocenters. The van der Waals surface area contributed by atoms with Gasteiger partial charge in [-0.2, -0.15) is 11.1 Å². The summed E-state index contributed by atoms with van der Waals surface area (Å²) in [7, 11) is -0.390. The molecule has 0 nitrogen and oxygen atoms in total. The zero-order valence-electron chi connectivity index (χ0n) is 7.09. The van der Waals surface area contributed by atoms with Crippen LogP contribution >= 0.6 is 11.1 Å². The largest absolute Gasteiger partial charge is 0.176 e. The van der Waals surface area contributed by atoms with E-state index in [1.165, 1.54) is 0 Å². The highest BCUT2D eigenvalue weighted by molar-refractivity contribution is 6.95. The van der Waals surface area contributed by atoms with Crippen LogP contribution in [0.5, 0.6) is 0 Å². The van der Waals surface area contributed by atoms with Crippen molar-refractivity contribution < 1.29 is 0 Å². The van der Waals surface area contributed by atoms with Crippen molar-refractivity contribution in [2.24, 2.45) is 5.41 Å². The average molecular weight is 165 g/mol. The summed E-state index contributed by atoms with van der Waals surface area (Å²) in [6.45, 7) is 11.3. The Kier molecular flexibility index (Phi) is 2.78. The van der Waals surface area contributed by atoms with Gasteiger partial charge in [-0.15, -0.1) is 0 Å². The zero-order valence-corrected chi connectivity index (χ0v) is 9.26. The SMILES string of the molecule is CC(C)(C)C(C)(C)[SiH2]Cl. The fourth-order valence-corrected chi connectivity index (χ4v) is 1.80. The molecule has 0 heterocycles. The third kappa shape index (κ3) is 2.30. The van der Waals surface area contributed by atoms with E-state index in [1.54, 1.807) is 0 Å². The van der Waals surface area contributed by atoms with E-state index in [-0.39, 0.29) is 0 Å². The molecule has 0 aliphatic carbocycles. The van der Waals surface area contributed by atoms with Gasteiger partial charge in [0.25, 0.3) is 0 Å². The lowest BCUT2D eigenvalue weighted by molar-refractivity contribution is 0.301. The first kappa shape index (κ1) is 9.51. The van der Waals surface area contributed by atoms with Gasteiger partial charge in [-0.1, -0.05) is 34.6 Å². The Morgan fingerprint density at radius 3 is 1.33 bits per heavy atom. The van der Waals surface area contributed by atoms with Gasteiger partial charge in [-0.05, 0) is 10.5 Å². The first-order chi connectivity index (χ1) is 3.81. The predicted octanol–water partition coefficient (Wildman–Crippen LogP) is 2.55. The summed E-state index contributed by atoms with van der Waals surface area (Å²) < 4.78 is 0. The van der Waals surface area contributed by atoms with Crippen molar-refractivity contribution in [2.45, 2.75) is 39.7 Å². The second-order valence-electron chi connectivity index (χ2n) is 4.27. The van der Waals surface area contributed by atoms with Crippen molar-refractivity contribution in [2.75, 3.05) is 0 Å². The summed E-state index contributed by atoms with van der Waals surface area (Å²) in [4.78, 5) is 0. The summed E-state index contributed by atoms with van der Waals surface area (Å²) >= 11 is 5.92. The molecule has 0 N–H and O–H groups in total. The first-order valence-corrected chi connectivity index (χ1v) is 6.22. The van der Waals surface area contributed by atoms with Crippen LogP contribution in [0, 0.1) is 5.41 Å². The van der Waals surface area contributed by atoms with E-state index < -0.39 is 8.83 Å². The van der Waals surface area contributed by atoms with Gasteiger partial charge in [-0.25, -0.2) is 0 Å². The molecule has 0 spiro atoms. The van der Waals surface area contributed by atoms with Crippen LogP contribution in [0.3, 0.4) is 0 Å². The summed E-state index contributed by atoms with van der Waals surface area (Å²) in [6.07, 6.45) is 0. The van der Waals surface area contributed by atoms with E-state index in [1.807, 2.05) is 0 Å². The Balaban J connectivity index is 4.14. The molecule has 0 unspecified atom stereocenters. The minimum absolute atomic E-state index is 0.376. The van der Waals surface area contributed by atoms with Crippen LogP contribution in [0.4, 0.5) is 0 Å². The number of halogens is 1. The molecule has 0 rings (SSSR count). The maximum atomic E-state index is 5.92. The van der Waals surface area contributed by atoms with Gasteiger partial charge in [0.1, 0.15) is 8.83 Å². The van der Waals surface area contributed by atoms with E-state index in [4.69, 9.17) is 11.1 Å². The highest BCUT2D eigenvalue weighted by Gasteiger charge is 2.31.